The zero-order chi connectivity index (χ0) is 18.7. The molecular formula is C20H27NO5. The molecule has 0 radical (unpaired) electrons. The third-order valence-corrected chi connectivity index (χ3v) is 5.76. The number of carboxylic acid groups (broad SMARTS) is 1. The minimum atomic E-state index is -0.883. The molecule has 1 aliphatic carbocycles. The molecule has 0 bridgehead atoms. The van der Waals surface area contributed by atoms with Crippen LogP contribution in [-0.4, -0.2) is 48.2 Å². The Kier molecular flexibility index (Phi) is 5.69. The Labute approximate surface area is 154 Å². The molecule has 1 amide bonds. The molecule has 1 saturated heterocycles. The average Bonchev–Trinajstić information content (AvgIpc) is 3.05. The molecule has 0 aromatic heterocycles. The van der Waals surface area contributed by atoms with E-state index in [-0.39, 0.29) is 18.4 Å². The molecule has 6 heteroatoms. The first-order chi connectivity index (χ1) is 12.5. The molecule has 26 heavy (non-hydrogen) atoms. The van der Waals surface area contributed by atoms with Crippen molar-refractivity contribution in [2.45, 2.75) is 57.0 Å². The summed E-state index contributed by atoms with van der Waals surface area (Å²) >= 11 is 0. The molecule has 1 aliphatic heterocycles. The zero-order valence-corrected chi connectivity index (χ0v) is 15.4. The minimum Gasteiger partial charge on any atom is -0.497 e. The van der Waals surface area contributed by atoms with Crippen molar-refractivity contribution in [3.8, 4) is 11.5 Å². The number of carbonyl (C=O) groups excluding carboxylic acids is 1. The Bertz CT molecular complexity index is 674. The number of carboxylic acids is 1. The highest BCUT2D eigenvalue weighted by molar-refractivity contribution is 5.85. The van der Waals surface area contributed by atoms with Crippen LogP contribution in [0.3, 0.4) is 0 Å². The number of carbonyl (C=O) groups is 2. The van der Waals surface area contributed by atoms with Crippen molar-refractivity contribution in [3.05, 3.63) is 23.8 Å². The maximum absolute atomic E-state index is 12.9. The standard InChI is InChI=1S/C20H27NO5/c1-25-15-8-9-18(26-2)14(11-15)7-10-19(22)21-16-6-4-3-5-13(16)12-17(21)20(23)24/h8-9,11,13,16-17H,3-7,10,12H2,1-2H3,(H,23,24). The molecule has 1 saturated carbocycles. The summed E-state index contributed by atoms with van der Waals surface area (Å²) < 4.78 is 10.6. The third-order valence-electron chi connectivity index (χ3n) is 5.76. The van der Waals surface area contributed by atoms with Gasteiger partial charge in [0.05, 0.1) is 14.2 Å². The number of hydrogen-bond donors (Lipinski definition) is 1. The number of benzene rings is 1. The quantitative estimate of drug-likeness (QED) is 0.843. The molecule has 142 valence electrons. The summed E-state index contributed by atoms with van der Waals surface area (Å²) in [5.41, 5.74) is 0.895. The number of likely N-dealkylation sites (tertiary alicyclic amines) is 1. The fourth-order valence-corrected chi connectivity index (χ4v) is 4.49. The van der Waals surface area contributed by atoms with Gasteiger partial charge >= 0.3 is 5.97 Å². The largest absolute Gasteiger partial charge is 0.497 e. The molecule has 3 rings (SSSR count). The van der Waals surface area contributed by atoms with Crippen molar-refractivity contribution in [2.24, 2.45) is 5.92 Å². The van der Waals surface area contributed by atoms with Gasteiger partial charge in [0.1, 0.15) is 17.5 Å². The summed E-state index contributed by atoms with van der Waals surface area (Å²) in [4.78, 5) is 26.3. The maximum Gasteiger partial charge on any atom is 0.326 e. The van der Waals surface area contributed by atoms with Crippen LogP contribution in [0.1, 0.15) is 44.1 Å². The fourth-order valence-electron chi connectivity index (χ4n) is 4.49. The lowest BCUT2D eigenvalue weighted by atomic mass is 9.84. The predicted octanol–water partition coefficient (Wildman–Crippen LogP) is 2.88. The van der Waals surface area contributed by atoms with Crippen LogP contribution in [0.2, 0.25) is 0 Å². The van der Waals surface area contributed by atoms with Gasteiger partial charge in [-0.2, -0.15) is 0 Å². The SMILES string of the molecule is COc1ccc(OC)c(CCC(=O)N2C(C(=O)O)CC3CCCCC32)c1. The second-order valence-electron chi connectivity index (χ2n) is 7.18. The Morgan fingerprint density at radius 1 is 1.19 bits per heavy atom. The summed E-state index contributed by atoms with van der Waals surface area (Å²) in [7, 11) is 3.20. The molecule has 1 heterocycles. The van der Waals surface area contributed by atoms with E-state index in [1.165, 1.54) is 0 Å². The first-order valence-corrected chi connectivity index (χ1v) is 9.30. The molecule has 3 unspecified atom stereocenters. The van der Waals surface area contributed by atoms with Crippen LogP contribution >= 0.6 is 0 Å². The molecular weight excluding hydrogens is 334 g/mol. The molecule has 1 aromatic carbocycles. The number of aryl methyl sites for hydroxylation is 1. The van der Waals surface area contributed by atoms with Crippen LogP contribution in [0.25, 0.3) is 0 Å². The fraction of sp³-hybridized carbons (Fsp3) is 0.600. The molecule has 1 N–H and O–H groups in total. The van der Waals surface area contributed by atoms with Gasteiger partial charge in [0.15, 0.2) is 0 Å². The van der Waals surface area contributed by atoms with Crippen molar-refractivity contribution in [3.63, 3.8) is 0 Å². The topological polar surface area (TPSA) is 76.1 Å². The number of aliphatic carboxylic acids is 1. The van der Waals surface area contributed by atoms with E-state index in [4.69, 9.17) is 9.47 Å². The molecule has 2 aliphatic rings. The van der Waals surface area contributed by atoms with Crippen LogP contribution in [0.15, 0.2) is 18.2 Å². The van der Waals surface area contributed by atoms with Gasteiger partial charge in [0.25, 0.3) is 0 Å². The summed E-state index contributed by atoms with van der Waals surface area (Å²) in [6, 6.07) is 4.92. The Balaban J connectivity index is 1.73. The minimum absolute atomic E-state index is 0.0725. The van der Waals surface area contributed by atoms with E-state index in [0.717, 1.165) is 31.2 Å². The lowest BCUT2D eigenvalue weighted by molar-refractivity contribution is -0.149. The van der Waals surface area contributed by atoms with Crippen LogP contribution in [0.4, 0.5) is 0 Å². The lowest BCUT2D eigenvalue weighted by Crippen LogP contribution is -2.46. The van der Waals surface area contributed by atoms with Crippen molar-refractivity contribution in [1.82, 2.24) is 4.90 Å². The molecule has 1 aromatic rings. The number of amides is 1. The molecule has 6 nitrogen and oxygen atoms in total. The van der Waals surface area contributed by atoms with E-state index in [1.54, 1.807) is 19.1 Å². The number of fused-ring (bicyclic) bond motifs is 1. The van der Waals surface area contributed by atoms with Gasteiger partial charge in [-0.25, -0.2) is 4.79 Å². The maximum atomic E-state index is 12.9. The van der Waals surface area contributed by atoms with E-state index in [1.807, 2.05) is 18.2 Å². The Hall–Kier alpha value is -2.24. The molecule has 3 atom stereocenters. The second-order valence-corrected chi connectivity index (χ2v) is 7.18. The van der Waals surface area contributed by atoms with Gasteiger partial charge in [-0.15, -0.1) is 0 Å². The van der Waals surface area contributed by atoms with Crippen molar-refractivity contribution in [1.29, 1.82) is 0 Å². The Morgan fingerprint density at radius 2 is 1.96 bits per heavy atom. The van der Waals surface area contributed by atoms with Crippen LogP contribution < -0.4 is 9.47 Å². The monoisotopic (exact) mass is 361 g/mol. The lowest BCUT2D eigenvalue weighted by Gasteiger charge is -2.33. The normalized spacial score (nSPS) is 24.8. The highest BCUT2D eigenvalue weighted by Gasteiger charge is 2.47. The van der Waals surface area contributed by atoms with Crippen LogP contribution in [0.5, 0.6) is 11.5 Å². The highest BCUT2D eigenvalue weighted by atomic mass is 16.5. The highest BCUT2D eigenvalue weighted by Crippen LogP contribution is 2.40. The second kappa shape index (κ2) is 7.98. The van der Waals surface area contributed by atoms with E-state index < -0.39 is 12.0 Å². The summed E-state index contributed by atoms with van der Waals surface area (Å²) in [6.07, 6.45) is 5.52. The number of ether oxygens (including phenoxy) is 2. The molecule has 2 fully saturated rings. The summed E-state index contributed by atoms with van der Waals surface area (Å²) in [5, 5.41) is 9.58. The Morgan fingerprint density at radius 3 is 2.65 bits per heavy atom. The van der Waals surface area contributed by atoms with Crippen molar-refractivity contribution in [2.75, 3.05) is 14.2 Å². The van der Waals surface area contributed by atoms with Gasteiger partial charge < -0.3 is 19.5 Å². The van der Waals surface area contributed by atoms with Gasteiger partial charge in [-0.05, 0) is 55.4 Å². The van der Waals surface area contributed by atoms with Crippen molar-refractivity contribution >= 4 is 11.9 Å². The number of rotatable bonds is 6. The van der Waals surface area contributed by atoms with Gasteiger partial charge in [-0.1, -0.05) is 12.8 Å². The van der Waals surface area contributed by atoms with E-state index in [2.05, 4.69) is 0 Å². The number of hydrogen-bond acceptors (Lipinski definition) is 4. The first kappa shape index (κ1) is 18.5. The predicted molar refractivity (Wildman–Crippen MR) is 96.5 cm³/mol. The van der Waals surface area contributed by atoms with E-state index >= 15 is 0 Å². The number of nitrogens with zero attached hydrogens (tertiary/aromatic N) is 1. The average molecular weight is 361 g/mol. The van der Waals surface area contributed by atoms with Gasteiger partial charge in [-0.3, -0.25) is 4.79 Å². The summed E-state index contributed by atoms with van der Waals surface area (Å²) in [6.45, 7) is 0. The van der Waals surface area contributed by atoms with Crippen LogP contribution in [0, 0.1) is 5.92 Å². The van der Waals surface area contributed by atoms with Crippen molar-refractivity contribution < 1.29 is 24.2 Å². The van der Waals surface area contributed by atoms with E-state index in [9.17, 15) is 14.7 Å². The number of methoxy groups -OCH3 is 2. The van der Waals surface area contributed by atoms with Crippen LogP contribution in [-0.2, 0) is 16.0 Å². The van der Waals surface area contributed by atoms with E-state index in [0.29, 0.717) is 30.3 Å². The smallest absolute Gasteiger partial charge is 0.326 e. The summed E-state index contributed by atoms with van der Waals surface area (Å²) in [5.74, 6) is 0.805. The third kappa shape index (κ3) is 3.64. The van der Waals surface area contributed by atoms with Gasteiger partial charge in [0.2, 0.25) is 5.91 Å². The zero-order valence-electron chi connectivity index (χ0n) is 15.4. The van der Waals surface area contributed by atoms with Gasteiger partial charge in [0, 0.05) is 12.5 Å². The molecule has 0 spiro atoms. The first-order valence-electron chi connectivity index (χ1n) is 9.30.